The summed E-state index contributed by atoms with van der Waals surface area (Å²) in [4.78, 5) is 5.40. The Hall–Kier alpha value is -2.12. The highest BCUT2D eigenvalue weighted by Gasteiger charge is 2.07. The fourth-order valence-electron chi connectivity index (χ4n) is 1.94. The number of ether oxygens (including phenoxy) is 1. The summed E-state index contributed by atoms with van der Waals surface area (Å²) < 4.78 is 5.33. The molecule has 0 saturated carbocycles. The van der Waals surface area contributed by atoms with E-state index >= 15 is 0 Å². The van der Waals surface area contributed by atoms with E-state index < -0.39 is 0 Å². The number of hydrogen-bond donors (Lipinski definition) is 3. The van der Waals surface area contributed by atoms with Gasteiger partial charge in [-0.3, -0.25) is 0 Å². The lowest BCUT2D eigenvalue weighted by molar-refractivity contribution is 0.318. The van der Waals surface area contributed by atoms with Gasteiger partial charge in [0.1, 0.15) is 5.75 Å². The summed E-state index contributed by atoms with van der Waals surface area (Å²) in [5.74, 6) is 0.842. The highest BCUT2D eigenvalue weighted by Crippen LogP contribution is 2.20. The largest absolute Gasteiger partial charge is 0.496 e. The van der Waals surface area contributed by atoms with E-state index in [0.717, 1.165) is 22.9 Å². The summed E-state index contributed by atoms with van der Waals surface area (Å²) in [7, 11) is 1.62. The molecule has 21 heavy (non-hydrogen) atoms. The van der Waals surface area contributed by atoms with Crippen LogP contribution in [0.25, 0.3) is 0 Å². The monoisotopic (exact) mass is 306 g/mol. The van der Waals surface area contributed by atoms with E-state index in [1.807, 2.05) is 19.2 Å². The molecule has 0 atom stereocenters. The summed E-state index contributed by atoms with van der Waals surface area (Å²) in [6, 6.07) is 5.41. The van der Waals surface area contributed by atoms with Gasteiger partial charge in [-0.05, 0) is 25.1 Å². The number of methoxy groups -OCH3 is 1. The summed E-state index contributed by atoms with van der Waals surface area (Å²) in [6.07, 6.45) is 1.87. The zero-order chi connectivity index (χ0) is 15.2. The van der Waals surface area contributed by atoms with Crippen LogP contribution in [0.4, 0.5) is 0 Å². The van der Waals surface area contributed by atoms with E-state index in [-0.39, 0.29) is 5.84 Å². The summed E-state index contributed by atoms with van der Waals surface area (Å²) in [6.45, 7) is 3.34. The molecule has 2 aromatic rings. The zero-order valence-electron chi connectivity index (χ0n) is 12.0. The predicted molar refractivity (Wildman–Crippen MR) is 82.9 cm³/mol. The molecule has 7 heteroatoms. The molecule has 0 aliphatic carbocycles. The lowest BCUT2D eigenvalue weighted by Gasteiger charge is -2.11. The Bertz CT molecular complexity index is 640. The van der Waals surface area contributed by atoms with E-state index in [0.29, 0.717) is 12.1 Å². The van der Waals surface area contributed by atoms with Crippen LogP contribution >= 0.6 is 11.3 Å². The molecule has 4 N–H and O–H groups in total. The predicted octanol–water partition coefficient (Wildman–Crippen LogP) is 1.84. The van der Waals surface area contributed by atoms with Crippen LogP contribution in [0.5, 0.6) is 5.75 Å². The quantitative estimate of drug-likeness (QED) is 0.328. The summed E-state index contributed by atoms with van der Waals surface area (Å²) >= 11 is 1.67. The second-order valence-electron chi connectivity index (χ2n) is 4.46. The first-order chi connectivity index (χ1) is 10.1. The molecule has 2 rings (SSSR count). The van der Waals surface area contributed by atoms with Crippen molar-refractivity contribution in [2.45, 2.75) is 20.0 Å². The SMILES string of the molecule is COc1ccc(/C(N)=N/O)cc1CNCc1cnc(C)s1. The van der Waals surface area contributed by atoms with Crippen LogP contribution in [0.1, 0.15) is 21.0 Å². The zero-order valence-corrected chi connectivity index (χ0v) is 12.8. The molecule has 0 unspecified atom stereocenters. The lowest BCUT2D eigenvalue weighted by Crippen LogP contribution is -2.16. The molecule has 0 aliphatic rings. The highest BCUT2D eigenvalue weighted by molar-refractivity contribution is 7.11. The molecular weight excluding hydrogens is 288 g/mol. The van der Waals surface area contributed by atoms with Gasteiger partial charge in [-0.1, -0.05) is 5.16 Å². The second kappa shape index (κ2) is 7.05. The van der Waals surface area contributed by atoms with E-state index in [9.17, 15) is 0 Å². The van der Waals surface area contributed by atoms with Gasteiger partial charge >= 0.3 is 0 Å². The van der Waals surface area contributed by atoms with Gasteiger partial charge < -0.3 is 21.0 Å². The van der Waals surface area contributed by atoms with Crippen molar-refractivity contribution in [1.82, 2.24) is 10.3 Å². The fraction of sp³-hybridized carbons (Fsp3) is 0.286. The maximum Gasteiger partial charge on any atom is 0.170 e. The third-order valence-electron chi connectivity index (χ3n) is 2.97. The van der Waals surface area contributed by atoms with Crippen molar-refractivity contribution < 1.29 is 9.94 Å². The van der Waals surface area contributed by atoms with Gasteiger partial charge in [-0.25, -0.2) is 4.98 Å². The number of nitrogens with zero attached hydrogens (tertiary/aromatic N) is 2. The lowest BCUT2D eigenvalue weighted by atomic mass is 10.1. The van der Waals surface area contributed by atoms with E-state index in [4.69, 9.17) is 15.7 Å². The molecule has 1 aromatic heterocycles. The molecule has 0 bridgehead atoms. The van der Waals surface area contributed by atoms with Crippen molar-refractivity contribution in [1.29, 1.82) is 0 Å². The van der Waals surface area contributed by atoms with Crippen LogP contribution in [0, 0.1) is 6.92 Å². The topological polar surface area (TPSA) is 92.8 Å². The molecular formula is C14H18N4O2S. The van der Waals surface area contributed by atoms with Crippen molar-refractivity contribution in [3.05, 3.63) is 45.4 Å². The second-order valence-corrected chi connectivity index (χ2v) is 5.78. The van der Waals surface area contributed by atoms with Crippen LogP contribution in [0.15, 0.2) is 29.6 Å². The van der Waals surface area contributed by atoms with Gasteiger partial charge in [-0.2, -0.15) is 0 Å². The third-order valence-corrected chi connectivity index (χ3v) is 3.88. The maximum atomic E-state index is 8.74. The smallest absolute Gasteiger partial charge is 0.170 e. The minimum Gasteiger partial charge on any atom is -0.496 e. The number of nitrogens with two attached hydrogens (primary N) is 1. The van der Waals surface area contributed by atoms with Gasteiger partial charge in [0.15, 0.2) is 5.84 Å². The first-order valence-electron chi connectivity index (χ1n) is 6.41. The normalized spacial score (nSPS) is 11.6. The minimum absolute atomic E-state index is 0.0805. The molecule has 0 amide bonds. The Morgan fingerprint density at radius 3 is 2.90 bits per heavy atom. The Balaban J connectivity index is 2.06. The molecule has 1 aromatic carbocycles. The van der Waals surface area contributed by atoms with Crippen molar-refractivity contribution in [2.24, 2.45) is 10.9 Å². The van der Waals surface area contributed by atoms with Crippen LogP contribution in [0.3, 0.4) is 0 Å². The average molecular weight is 306 g/mol. The number of benzene rings is 1. The Labute approximate surface area is 127 Å². The fourth-order valence-corrected chi connectivity index (χ4v) is 2.71. The maximum absolute atomic E-state index is 8.74. The Morgan fingerprint density at radius 2 is 2.29 bits per heavy atom. The Kier molecular flexibility index (Phi) is 5.13. The van der Waals surface area contributed by atoms with Gasteiger partial charge in [0, 0.05) is 35.3 Å². The van der Waals surface area contributed by atoms with Gasteiger partial charge in [0.2, 0.25) is 0 Å². The first-order valence-corrected chi connectivity index (χ1v) is 7.22. The van der Waals surface area contributed by atoms with Crippen LogP contribution in [-0.2, 0) is 13.1 Å². The minimum atomic E-state index is 0.0805. The van der Waals surface area contributed by atoms with Crippen molar-refractivity contribution in [2.75, 3.05) is 7.11 Å². The number of thiazole rings is 1. The average Bonchev–Trinajstić information content (AvgIpc) is 2.91. The molecule has 0 spiro atoms. The van der Waals surface area contributed by atoms with Crippen molar-refractivity contribution >= 4 is 17.2 Å². The molecule has 0 aliphatic heterocycles. The first kappa shape index (κ1) is 15.3. The Morgan fingerprint density at radius 1 is 1.48 bits per heavy atom. The number of nitrogens with one attached hydrogen (secondary N) is 1. The van der Waals surface area contributed by atoms with Crippen LogP contribution < -0.4 is 15.8 Å². The molecule has 6 nitrogen and oxygen atoms in total. The van der Waals surface area contributed by atoms with E-state index in [2.05, 4.69) is 15.5 Å². The van der Waals surface area contributed by atoms with E-state index in [1.54, 1.807) is 30.6 Å². The van der Waals surface area contributed by atoms with Gasteiger partial charge in [0.05, 0.1) is 12.1 Å². The number of amidine groups is 1. The number of hydrogen-bond acceptors (Lipinski definition) is 6. The molecule has 0 fully saturated rings. The number of rotatable bonds is 6. The number of oxime groups is 1. The number of aromatic nitrogens is 1. The van der Waals surface area contributed by atoms with Gasteiger partial charge in [0.25, 0.3) is 0 Å². The molecule has 1 heterocycles. The highest BCUT2D eigenvalue weighted by atomic mass is 32.1. The molecule has 0 radical (unpaired) electrons. The van der Waals surface area contributed by atoms with Crippen LogP contribution in [-0.4, -0.2) is 23.1 Å². The van der Waals surface area contributed by atoms with Gasteiger partial charge in [-0.15, -0.1) is 11.3 Å². The van der Waals surface area contributed by atoms with Crippen molar-refractivity contribution in [3.63, 3.8) is 0 Å². The third kappa shape index (κ3) is 3.93. The summed E-state index contributed by atoms with van der Waals surface area (Å²) in [5.41, 5.74) is 7.21. The van der Waals surface area contributed by atoms with E-state index in [1.165, 1.54) is 4.88 Å². The molecule has 0 saturated heterocycles. The number of aryl methyl sites for hydroxylation is 1. The van der Waals surface area contributed by atoms with Crippen molar-refractivity contribution in [3.8, 4) is 5.75 Å². The summed E-state index contributed by atoms with van der Waals surface area (Å²) in [5, 5.41) is 16.1. The standard InChI is InChI=1S/C14H18N4O2S/c1-9-17-8-12(21-9)7-16-6-11-5-10(14(15)18-19)3-4-13(11)20-2/h3-5,8,16,19H,6-7H2,1-2H3,(H2,15,18). The van der Waals surface area contributed by atoms with Crippen LogP contribution in [0.2, 0.25) is 0 Å². The molecule has 112 valence electrons.